The highest BCUT2D eigenvalue weighted by molar-refractivity contribution is 9.10. The first kappa shape index (κ1) is 12.8. The fourth-order valence-electron chi connectivity index (χ4n) is 2.00. The molecular formula is C14H12BrF2NO. The van der Waals surface area contributed by atoms with Gasteiger partial charge in [-0.25, -0.2) is 8.78 Å². The average Bonchev–Trinajstić information content (AvgIpc) is 3.12. The number of hydrogen-bond donors (Lipinski definition) is 1. The zero-order valence-corrected chi connectivity index (χ0v) is 11.6. The number of halogens is 3. The lowest BCUT2D eigenvalue weighted by molar-refractivity contribution is 0.482. The summed E-state index contributed by atoms with van der Waals surface area (Å²) in [6, 6.07) is 4.71. The van der Waals surface area contributed by atoms with Crippen LogP contribution in [-0.4, -0.2) is 6.04 Å². The minimum absolute atomic E-state index is 0.0456. The SMILES string of the molecule is Fc1ccc(Br)c(F)c1-c1ccoc1CNC1CC1. The van der Waals surface area contributed by atoms with Crippen molar-refractivity contribution < 1.29 is 13.2 Å². The van der Waals surface area contributed by atoms with Crippen LogP contribution in [0, 0.1) is 11.6 Å². The monoisotopic (exact) mass is 327 g/mol. The predicted octanol–water partition coefficient (Wildman–Crippen LogP) is 4.24. The van der Waals surface area contributed by atoms with Crippen LogP contribution in [0.4, 0.5) is 8.78 Å². The molecular weight excluding hydrogens is 316 g/mol. The molecule has 2 nitrogen and oxygen atoms in total. The zero-order valence-electron chi connectivity index (χ0n) is 10.1. The average molecular weight is 328 g/mol. The normalized spacial score (nSPS) is 14.9. The van der Waals surface area contributed by atoms with E-state index in [1.807, 2.05) is 0 Å². The van der Waals surface area contributed by atoms with Crippen LogP contribution >= 0.6 is 15.9 Å². The molecule has 0 aliphatic heterocycles. The van der Waals surface area contributed by atoms with E-state index >= 15 is 0 Å². The van der Waals surface area contributed by atoms with Crippen molar-refractivity contribution in [2.75, 3.05) is 0 Å². The third-order valence-corrected chi connectivity index (χ3v) is 3.80. The summed E-state index contributed by atoms with van der Waals surface area (Å²) in [6.07, 6.45) is 3.75. The Bertz CT molecular complexity index is 607. The van der Waals surface area contributed by atoms with Crippen LogP contribution in [0.25, 0.3) is 11.1 Å². The number of furan rings is 1. The Morgan fingerprint density at radius 1 is 1.26 bits per heavy atom. The van der Waals surface area contributed by atoms with Crippen molar-refractivity contribution in [1.29, 1.82) is 0 Å². The summed E-state index contributed by atoms with van der Waals surface area (Å²) in [6.45, 7) is 0.485. The Morgan fingerprint density at radius 3 is 2.79 bits per heavy atom. The van der Waals surface area contributed by atoms with Gasteiger partial charge in [0.05, 0.1) is 22.8 Å². The van der Waals surface area contributed by atoms with Crippen molar-refractivity contribution in [1.82, 2.24) is 5.32 Å². The molecule has 5 heteroatoms. The molecule has 1 N–H and O–H groups in total. The van der Waals surface area contributed by atoms with E-state index in [1.54, 1.807) is 6.07 Å². The largest absolute Gasteiger partial charge is 0.467 e. The predicted molar refractivity (Wildman–Crippen MR) is 71.6 cm³/mol. The van der Waals surface area contributed by atoms with Gasteiger partial charge in [0.2, 0.25) is 0 Å². The molecule has 1 aromatic heterocycles. The summed E-state index contributed by atoms with van der Waals surface area (Å²) in [5, 5.41) is 3.27. The molecule has 1 fully saturated rings. The molecule has 0 radical (unpaired) electrons. The van der Waals surface area contributed by atoms with E-state index in [2.05, 4.69) is 21.2 Å². The number of hydrogen-bond acceptors (Lipinski definition) is 2. The van der Waals surface area contributed by atoms with Gasteiger partial charge >= 0.3 is 0 Å². The van der Waals surface area contributed by atoms with Crippen LogP contribution in [0.2, 0.25) is 0 Å². The molecule has 3 rings (SSSR count). The van der Waals surface area contributed by atoms with Crippen LogP contribution in [-0.2, 0) is 6.54 Å². The maximum absolute atomic E-state index is 14.1. The van der Waals surface area contributed by atoms with Crippen LogP contribution in [0.1, 0.15) is 18.6 Å². The summed E-state index contributed by atoms with van der Waals surface area (Å²) in [4.78, 5) is 0. The lowest BCUT2D eigenvalue weighted by Crippen LogP contribution is -2.15. The van der Waals surface area contributed by atoms with Gasteiger partial charge in [0.1, 0.15) is 17.4 Å². The number of nitrogens with one attached hydrogen (secondary N) is 1. The van der Waals surface area contributed by atoms with Gasteiger partial charge < -0.3 is 9.73 Å². The van der Waals surface area contributed by atoms with Gasteiger partial charge in [-0.3, -0.25) is 0 Å². The fourth-order valence-corrected chi connectivity index (χ4v) is 2.33. The Balaban J connectivity index is 1.97. The second-order valence-electron chi connectivity index (χ2n) is 4.63. The van der Waals surface area contributed by atoms with E-state index in [9.17, 15) is 8.78 Å². The van der Waals surface area contributed by atoms with Crippen LogP contribution < -0.4 is 5.32 Å². The second-order valence-corrected chi connectivity index (χ2v) is 5.49. The maximum atomic E-state index is 14.1. The first-order valence-electron chi connectivity index (χ1n) is 6.10. The lowest BCUT2D eigenvalue weighted by Gasteiger charge is -2.07. The van der Waals surface area contributed by atoms with E-state index in [0.717, 1.165) is 12.8 Å². The molecule has 0 saturated heterocycles. The zero-order chi connectivity index (χ0) is 13.4. The molecule has 0 unspecified atom stereocenters. The molecule has 0 bridgehead atoms. The van der Waals surface area contributed by atoms with Gasteiger partial charge in [0.25, 0.3) is 0 Å². The molecule has 1 saturated carbocycles. The van der Waals surface area contributed by atoms with Crippen molar-refractivity contribution in [3.63, 3.8) is 0 Å². The molecule has 1 aliphatic carbocycles. The van der Waals surface area contributed by atoms with Gasteiger partial charge in [-0.15, -0.1) is 0 Å². The van der Waals surface area contributed by atoms with Gasteiger partial charge in [0.15, 0.2) is 0 Å². The summed E-state index contributed by atoms with van der Waals surface area (Å²) >= 11 is 3.07. The second kappa shape index (κ2) is 5.06. The molecule has 2 aromatic rings. The van der Waals surface area contributed by atoms with Gasteiger partial charge in [0, 0.05) is 11.6 Å². The molecule has 0 amide bonds. The summed E-state index contributed by atoms with van der Waals surface area (Å²) < 4.78 is 33.5. The Kier molecular flexibility index (Phi) is 3.41. The highest BCUT2D eigenvalue weighted by Gasteiger charge is 2.23. The molecule has 1 aliphatic rings. The molecule has 0 atom stereocenters. The van der Waals surface area contributed by atoms with Gasteiger partial charge in [-0.2, -0.15) is 0 Å². The fraction of sp³-hybridized carbons (Fsp3) is 0.286. The third kappa shape index (κ3) is 2.58. The summed E-state index contributed by atoms with van der Waals surface area (Å²) in [5.41, 5.74) is 0.417. The first-order valence-corrected chi connectivity index (χ1v) is 6.89. The van der Waals surface area contributed by atoms with E-state index in [0.29, 0.717) is 23.9 Å². The van der Waals surface area contributed by atoms with Crippen molar-refractivity contribution in [3.8, 4) is 11.1 Å². The minimum atomic E-state index is -0.603. The highest BCUT2D eigenvalue weighted by atomic mass is 79.9. The first-order chi connectivity index (χ1) is 9.16. The summed E-state index contributed by atoms with van der Waals surface area (Å²) in [7, 11) is 0. The van der Waals surface area contributed by atoms with Crippen molar-refractivity contribution in [3.05, 3.63) is 46.3 Å². The van der Waals surface area contributed by atoms with E-state index in [-0.39, 0.29) is 10.0 Å². The van der Waals surface area contributed by atoms with Crippen LogP contribution in [0.5, 0.6) is 0 Å². The molecule has 100 valence electrons. The standard InChI is InChI=1S/C14H12BrF2NO/c15-10-3-4-11(16)13(14(10)17)9-5-6-19-12(9)7-18-8-1-2-8/h3-6,8,18H,1-2,7H2. The Labute approximate surface area is 117 Å². The van der Waals surface area contributed by atoms with Crippen LogP contribution in [0.3, 0.4) is 0 Å². The van der Waals surface area contributed by atoms with Crippen LogP contribution in [0.15, 0.2) is 33.4 Å². The Hall–Kier alpha value is -1.20. The van der Waals surface area contributed by atoms with Crippen molar-refractivity contribution in [2.45, 2.75) is 25.4 Å². The molecule has 19 heavy (non-hydrogen) atoms. The van der Waals surface area contributed by atoms with E-state index in [1.165, 1.54) is 18.4 Å². The maximum Gasteiger partial charge on any atom is 0.148 e. The molecule has 1 aromatic carbocycles. The number of rotatable bonds is 4. The molecule has 0 spiro atoms. The smallest absolute Gasteiger partial charge is 0.148 e. The van der Waals surface area contributed by atoms with Crippen molar-refractivity contribution >= 4 is 15.9 Å². The topological polar surface area (TPSA) is 25.2 Å². The van der Waals surface area contributed by atoms with E-state index < -0.39 is 11.6 Å². The van der Waals surface area contributed by atoms with Gasteiger partial charge in [-0.1, -0.05) is 0 Å². The van der Waals surface area contributed by atoms with Gasteiger partial charge in [-0.05, 0) is 47.0 Å². The lowest BCUT2D eigenvalue weighted by atomic mass is 10.0. The molecule has 1 heterocycles. The Morgan fingerprint density at radius 2 is 2.05 bits per heavy atom. The summed E-state index contributed by atoms with van der Waals surface area (Å²) in [5.74, 6) is -0.633. The minimum Gasteiger partial charge on any atom is -0.467 e. The highest BCUT2D eigenvalue weighted by Crippen LogP contribution is 2.33. The van der Waals surface area contributed by atoms with E-state index in [4.69, 9.17) is 4.42 Å². The quantitative estimate of drug-likeness (QED) is 0.850. The number of benzene rings is 1. The third-order valence-electron chi connectivity index (χ3n) is 3.19. The van der Waals surface area contributed by atoms with Crippen molar-refractivity contribution in [2.24, 2.45) is 0 Å².